The second-order valence-corrected chi connectivity index (χ2v) is 4.49. The van der Waals surface area contributed by atoms with E-state index in [4.69, 9.17) is 5.73 Å². The summed E-state index contributed by atoms with van der Waals surface area (Å²) in [5.74, 6) is 0.0361. The number of nitrogens with two attached hydrogens (primary N) is 1. The highest BCUT2D eigenvalue weighted by Crippen LogP contribution is 2.10. The lowest BCUT2D eigenvalue weighted by molar-refractivity contribution is -0.145. The van der Waals surface area contributed by atoms with Crippen LogP contribution in [0.1, 0.15) is 20.3 Å². The van der Waals surface area contributed by atoms with Gasteiger partial charge in [-0.1, -0.05) is 20.3 Å². The summed E-state index contributed by atoms with van der Waals surface area (Å²) in [7, 11) is 1.75. The Hall–Kier alpha value is -1.10. The highest BCUT2D eigenvalue weighted by molar-refractivity contribution is 5.88. The van der Waals surface area contributed by atoms with Crippen LogP contribution in [0.2, 0.25) is 0 Å². The molecule has 2 amide bonds. The zero-order chi connectivity index (χ0) is 12.3. The molecule has 0 aromatic heterocycles. The highest BCUT2D eigenvalue weighted by atomic mass is 16.2. The van der Waals surface area contributed by atoms with Crippen LogP contribution < -0.4 is 5.73 Å². The molecule has 1 aliphatic rings. The molecular weight excluding hydrogens is 206 g/mol. The number of hydrogen-bond acceptors (Lipinski definition) is 3. The Morgan fingerprint density at radius 1 is 1.50 bits per heavy atom. The SMILES string of the molecule is CCC(C)[C@H](N)C(=O)N1CCN(C)C(=O)C1. The van der Waals surface area contributed by atoms with Crippen LogP contribution in [-0.2, 0) is 9.59 Å². The Labute approximate surface area is 96.6 Å². The van der Waals surface area contributed by atoms with Crippen molar-refractivity contribution < 1.29 is 9.59 Å². The van der Waals surface area contributed by atoms with Crippen LogP contribution in [0.15, 0.2) is 0 Å². The molecule has 0 radical (unpaired) electrons. The number of amides is 2. The quantitative estimate of drug-likeness (QED) is 0.717. The monoisotopic (exact) mass is 227 g/mol. The molecule has 92 valence electrons. The third kappa shape index (κ3) is 2.72. The second-order valence-electron chi connectivity index (χ2n) is 4.49. The lowest BCUT2D eigenvalue weighted by atomic mass is 9.98. The first-order valence-corrected chi connectivity index (χ1v) is 5.75. The Balaban J connectivity index is 2.58. The fourth-order valence-corrected chi connectivity index (χ4v) is 1.65. The van der Waals surface area contributed by atoms with E-state index in [0.717, 1.165) is 6.42 Å². The summed E-state index contributed by atoms with van der Waals surface area (Å²) in [6.07, 6.45) is 0.870. The van der Waals surface area contributed by atoms with Gasteiger partial charge in [0.05, 0.1) is 12.6 Å². The Morgan fingerprint density at radius 3 is 2.62 bits per heavy atom. The third-order valence-corrected chi connectivity index (χ3v) is 3.31. The molecule has 1 unspecified atom stereocenters. The minimum atomic E-state index is -0.485. The van der Waals surface area contributed by atoms with E-state index < -0.39 is 6.04 Å². The van der Waals surface area contributed by atoms with Gasteiger partial charge in [0.25, 0.3) is 0 Å². The average molecular weight is 227 g/mol. The van der Waals surface area contributed by atoms with Crippen LogP contribution in [0.3, 0.4) is 0 Å². The van der Waals surface area contributed by atoms with Crippen molar-refractivity contribution in [3.63, 3.8) is 0 Å². The fraction of sp³-hybridized carbons (Fsp3) is 0.818. The molecule has 0 aromatic carbocycles. The van der Waals surface area contributed by atoms with Crippen LogP contribution in [0.25, 0.3) is 0 Å². The minimum absolute atomic E-state index is 0.0176. The van der Waals surface area contributed by atoms with Crippen molar-refractivity contribution in [1.29, 1.82) is 0 Å². The first kappa shape index (κ1) is 13.0. The molecule has 5 nitrogen and oxygen atoms in total. The molecule has 0 spiro atoms. The van der Waals surface area contributed by atoms with Gasteiger partial charge in [0.1, 0.15) is 0 Å². The molecule has 1 rings (SSSR count). The summed E-state index contributed by atoms with van der Waals surface area (Å²) in [6, 6.07) is -0.485. The maximum atomic E-state index is 12.0. The van der Waals surface area contributed by atoms with Crippen molar-refractivity contribution in [1.82, 2.24) is 9.80 Å². The van der Waals surface area contributed by atoms with E-state index in [0.29, 0.717) is 13.1 Å². The number of carbonyl (C=O) groups excluding carboxylic acids is 2. The molecule has 16 heavy (non-hydrogen) atoms. The maximum Gasteiger partial charge on any atom is 0.241 e. The molecule has 5 heteroatoms. The van der Waals surface area contributed by atoms with E-state index in [2.05, 4.69) is 0 Å². The molecule has 1 heterocycles. The molecule has 1 saturated heterocycles. The molecule has 2 atom stereocenters. The van der Waals surface area contributed by atoms with Crippen molar-refractivity contribution in [2.24, 2.45) is 11.7 Å². The van der Waals surface area contributed by atoms with Gasteiger partial charge in [-0.15, -0.1) is 0 Å². The molecule has 0 aromatic rings. The van der Waals surface area contributed by atoms with Gasteiger partial charge >= 0.3 is 0 Å². The van der Waals surface area contributed by atoms with Crippen LogP contribution in [0.4, 0.5) is 0 Å². The van der Waals surface area contributed by atoms with Gasteiger partial charge < -0.3 is 15.5 Å². The topological polar surface area (TPSA) is 66.6 Å². The van der Waals surface area contributed by atoms with E-state index in [-0.39, 0.29) is 24.3 Å². The Bertz CT molecular complexity index is 280. The minimum Gasteiger partial charge on any atom is -0.342 e. The summed E-state index contributed by atoms with van der Waals surface area (Å²) in [5.41, 5.74) is 5.87. The predicted molar refractivity (Wildman–Crippen MR) is 61.6 cm³/mol. The predicted octanol–water partition coefficient (Wildman–Crippen LogP) is -0.340. The van der Waals surface area contributed by atoms with Gasteiger partial charge in [0.15, 0.2) is 0 Å². The van der Waals surface area contributed by atoms with E-state index in [1.54, 1.807) is 16.8 Å². The van der Waals surface area contributed by atoms with Gasteiger partial charge in [-0.2, -0.15) is 0 Å². The zero-order valence-corrected chi connectivity index (χ0v) is 10.3. The second kappa shape index (κ2) is 5.30. The average Bonchev–Trinajstić information content (AvgIpc) is 2.29. The van der Waals surface area contributed by atoms with E-state index in [1.807, 2.05) is 13.8 Å². The number of nitrogens with zero attached hydrogens (tertiary/aromatic N) is 2. The van der Waals surface area contributed by atoms with Crippen molar-refractivity contribution in [3.8, 4) is 0 Å². The van der Waals surface area contributed by atoms with Gasteiger partial charge in [0, 0.05) is 20.1 Å². The Morgan fingerprint density at radius 2 is 2.12 bits per heavy atom. The van der Waals surface area contributed by atoms with E-state index >= 15 is 0 Å². The van der Waals surface area contributed by atoms with Gasteiger partial charge in [-0.3, -0.25) is 9.59 Å². The summed E-state index contributed by atoms with van der Waals surface area (Å²) >= 11 is 0. The smallest absolute Gasteiger partial charge is 0.241 e. The molecule has 2 N–H and O–H groups in total. The van der Waals surface area contributed by atoms with Crippen LogP contribution in [0, 0.1) is 5.92 Å². The van der Waals surface area contributed by atoms with Crippen LogP contribution in [-0.4, -0.2) is 54.3 Å². The zero-order valence-electron chi connectivity index (χ0n) is 10.3. The van der Waals surface area contributed by atoms with Crippen LogP contribution in [0.5, 0.6) is 0 Å². The Kier molecular flexibility index (Phi) is 4.29. The highest BCUT2D eigenvalue weighted by Gasteiger charge is 2.29. The number of carbonyl (C=O) groups is 2. The number of piperazine rings is 1. The molecule has 0 saturated carbocycles. The summed E-state index contributed by atoms with van der Waals surface area (Å²) in [4.78, 5) is 26.6. The maximum absolute atomic E-state index is 12.0. The van der Waals surface area contributed by atoms with Crippen molar-refractivity contribution >= 4 is 11.8 Å². The molecule has 0 bridgehead atoms. The fourth-order valence-electron chi connectivity index (χ4n) is 1.65. The van der Waals surface area contributed by atoms with Gasteiger partial charge in [0.2, 0.25) is 11.8 Å². The first-order valence-electron chi connectivity index (χ1n) is 5.75. The van der Waals surface area contributed by atoms with E-state index in [9.17, 15) is 9.59 Å². The summed E-state index contributed by atoms with van der Waals surface area (Å²) < 4.78 is 0. The lowest BCUT2D eigenvalue weighted by Crippen LogP contribution is -2.55. The lowest BCUT2D eigenvalue weighted by Gasteiger charge is -2.34. The third-order valence-electron chi connectivity index (χ3n) is 3.31. The van der Waals surface area contributed by atoms with E-state index in [1.165, 1.54) is 0 Å². The van der Waals surface area contributed by atoms with Crippen LogP contribution >= 0.6 is 0 Å². The normalized spacial score (nSPS) is 20.9. The van der Waals surface area contributed by atoms with Gasteiger partial charge in [-0.05, 0) is 5.92 Å². The molecule has 1 fully saturated rings. The summed E-state index contributed by atoms with van der Waals surface area (Å²) in [5, 5.41) is 0. The molecule has 0 aliphatic carbocycles. The standard InChI is InChI=1S/C11H21N3O2/c1-4-8(2)10(12)11(16)14-6-5-13(3)9(15)7-14/h8,10H,4-7,12H2,1-3H3/t8?,10-/m0/s1. The number of likely N-dealkylation sites (N-methyl/N-ethyl adjacent to an activating group) is 1. The summed E-state index contributed by atoms with van der Waals surface area (Å²) in [6.45, 7) is 5.32. The van der Waals surface area contributed by atoms with Crippen molar-refractivity contribution in [2.45, 2.75) is 26.3 Å². The first-order chi connectivity index (χ1) is 7.47. The molecular formula is C11H21N3O2. The number of hydrogen-bond donors (Lipinski definition) is 1. The molecule has 1 aliphatic heterocycles. The number of rotatable bonds is 3. The van der Waals surface area contributed by atoms with Gasteiger partial charge in [-0.25, -0.2) is 0 Å². The van der Waals surface area contributed by atoms with Crippen molar-refractivity contribution in [3.05, 3.63) is 0 Å². The largest absolute Gasteiger partial charge is 0.342 e. The van der Waals surface area contributed by atoms with Crippen molar-refractivity contribution in [2.75, 3.05) is 26.7 Å².